The van der Waals surface area contributed by atoms with Gasteiger partial charge in [0, 0.05) is 26.1 Å². The van der Waals surface area contributed by atoms with Gasteiger partial charge in [-0.15, -0.1) is 0 Å². The molecule has 1 aliphatic rings. The average molecular weight is 275 g/mol. The molecule has 1 aromatic rings. The summed E-state index contributed by atoms with van der Waals surface area (Å²) in [7, 11) is 0. The molecule has 108 valence electrons. The molecule has 2 rings (SSSR count). The Balaban J connectivity index is 1.78. The molecule has 0 spiro atoms. The number of rotatable bonds is 5. The Bertz CT molecular complexity index is 488. The number of hydrogen-bond donors (Lipinski definition) is 3. The van der Waals surface area contributed by atoms with Gasteiger partial charge in [-0.3, -0.25) is 9.59 Å². The van der Waals surface area contributed by atoms with Crippen LogP contribution < -0.4 is 16.0 Å². The highest BCUT2D eigenvalue weighted by molar-refractivity contribution is 5.83. The van der Waals surface area contributed by atoms with Crippen LogP contribution in [0.4, 0.5) is 0 Å². The number of carbonyl (C=O) groups is 2. The van der Waals surface area contributed by atoms with Crippen molar-refractivity contribution in [3.05, 3.63) is 35.4 Å². The Morgan fingerprint density at radius 1 is 1.25 bits per heavy atom. The summed E-state index contributed by atoms with van der Waals surface area (Å²) in [5, 5.41) is 8.74. The Morgan fingerprint density at radius 2 is 2.00 bits per heavy atom. The molecule has 1 heterocycles. The average Bonchev–Trinajstić information content (AvgIpc) is 2.47. The van der Waals surface area contributed by atoms with Crippen molar-refractivity contribution in [2.45, 2.75) is 32.4 Å². The zero-order valence-corrected chi connectivity index (χ0v) is 11.7. The molecule has 0 unspecified atom stereocenters. The van der Waals surface area contributed by atoms with E-state index in [0.717, 1.165) is 0 Å². The van der Waals surface area contributed by atoms with Crippen LogP contribution in [0.5, 0.6) is 0 Å². The molecular formula is C15H21N3O2. The standard InChI is InChI=1S/C15H21N3O2/c1-2-16-14(19)7-8-17-15(20)13-9-11-5-3-4-6-12(11)10-18-13/h3-6,13,18H,2,7-10H2,1H3,(H,16,19)(H,17,20)/t13-/m0/s1. The summed E-state index contributed by atoms with van der Waals surface area (Å²) in [6.07, 6.45) is 1.02. The fourth-order valence-corrected chi connectivity index (χ4v) is 2.35. The lowest BCUT2D eigenvalue weighted by Crippen LogP contribution is -2.48. The smallest absolute Gasteiger partial charge is 0.237 e. The largest absolute Gasteiger partial charge is 0.356 e. The normalized spacial score (nSPS) is 17.1. The van der Waals surface area contributed by atoms with Crippen molar-refractivity contribution >= 4 is 11.8 Å². The van der Waals surface area contributed by atoms with Gasteiger partial charge >= 0.3 is 0 Å². The Kier molecular flexibility index (Phi) is 5.12. The monoisotopic (exact) mass is 275 g/mol. The van der Waals surface area contributed by atoms with E-state index < -0.39 is 0 Å². The Hall–Kier alpha value is -1.88. The third-order valence-electron chi connectivity index (χ3n) is 3.42. The van der Waals surface area contributed by atoms with Crippen molar-refractivity contribution in [2.75, 3.05) is 13.1 Å². The van der Waals surface area contributed by atoms with E-state index >= 15 is 0 Å². The van der Waals surface area contributed by atoms with Crippen molar-refractivity contribution < 1.29 is 9.59 Å². The van der Waals surface area contributed by atoms with Crippen LogP contribution in [0.2, 0.25) is 0 Å². The minimum atomic E-state index is -0.209. The second-order valence-corrected chi connectivity index (χ2v) is 4.90. The number of amides is 2. The summed E-state index contributed by atoms with van der Waals surface area (Å²) in [4.78, 5) is 23.3. The molecule has 5 heteroatoms. The molecule has 20 heavy (non-hydrogen) atoms. The van der Waals surface area contributed by atoms with E-state index in [0.29, 0.717) is 32.5 Å². The number of fused-ring (bicyclic) bond motifs is 1. The van der Waals surface area contributed by atoms with Crippen LogP contribution in [0.15, 0.2) is 24.3 Å². The number of nitrogens with one attached hydrogen (secondary N) is 3. The quantitative estimate of drug-likeness (QED) is 0.726. The second-order valence-electron chi connectivity index (χ2n) is 4.90. The first kappa shape index (κ1) is 14.5. The summed E-state index contributed by atoms with van der Waals surface area (Å²) in [5.74, 6) is -0.0708. The van der Waals surface area contributed by atoms with Crippen molar-refractivity contribution in [2.24, 2.45) is 0 Å². The molecule has 0 aliphatic carbocycles. The van der Waals surface area contributed by atoms with E-state index in [1.54, 1.807) is 0 Å². The van der Waals surface area contributed by atoms with Crippen LogP contribution in [0.25, 0.3) is 0 Å². The maximum atomic E-state index is 12.0. The van der Waals surface area contributed by atoms with Crippen LogP contribution >= 0.6 is 0 Å². The Labute approximate surface area is 119 Å². The first-order valence-electron chi connectivity index (χ1n) is 7.05. The van der Waals surface area contributed by atoms with E-state index in [1.165, 1.54) is 11.1 Å². The number of hydrogen-bond acceptors (Lipinski definition) is 3. The van der Waals surface area contributed by atoms with E-state index in [4.69, 9.17) is 0 Å². The highest BCUT2D eigenvalue weighted by Gasteiger charge is 2.23. The molecule has 0 aromatic heterocycles. The molecule has 0 saturated carbocycles. The van der Waals surface area contributed by atoms with Gasteiger partial charge in [0.1, 0.15) is 0 Å². The van der Waals surface area contributed by atoms with Gasteiger partial charge in [-0.2, -0.15) is 0 Å². The molecule has 2 amide bonds. The lowest BCUT2D eigenvalue weighted by atomic mass is 9.95. The predicted molar refractivity (Wildman–Crippen MR) is 77.1 cm³/mol. The fourth-order valence-electron chi connectivity index (χ4n) is 2.35. The van der Waals surface area contributed by atoms with Crippen molar-refractivity contribution in [1.82, 2.24) is 16.0 Å². The molecule has 5 nitrogen and oxygen atoms in total. The van der Waals surface area contributed by atoms with Crippen LogP contribution in [0.1, 0.15) is 24.5 Å². The predicted octanol–water partition coefficient (Wildman–Crippen LogP) is 0.343. The first-order chi connectivity index (χ1) is 9.70. The molecule has 0 bridgehead atoms. The molecule has 1 atom stereocenters. The number of benzene rings is 1. The van der Waals surface area contributed by atoms with Gasteiger partial charge < -0.3 is 16.0 Å². The molecule has 1 aliphatic heterocycles. The van der Waals surface area contributed by atoms with E-state index in [2.05, 4.69) is 28.1 Å². The highest BCUT2D eigenvalue weighted by Crippen LogP contribution is 2.16. The van der Waals surface area contributed by atoms with Gasteiger partial charge in [0.15, 0.2) is 0 Å². The molecule has 0 radical (unpaired) electrons. The summed E-state index contributed by atoms with van der Waals surface area (Å²) < 4.78 is 0. The van der Waals surface area contributed by atoms with Crippen molar-refractivity contribution in [3.63, 3.8) is 0 Å². The van der Waals surface area contributed by atoms with Crippen LogP contribution in [-0.4, -0.2) is 30.9 Å². The summed E-state index contributed by atoms with van der Waals surface area (Å²) in [6.45, 7) is 3.59. The van der Waals surface area contributed by atoms with Crippen molar-refractivity contribution in [1.29, 1.82) is 0 Å². The zero-order chi connectivity index (χ0) is 14.4. The lowest BCUT2D eigenvalue weighted by molar-refractivity contribution is -0.123. The van der Waals surface area contributed by atoms with E-state index in [1.807, 2.05) is 19.1 Å². The SMILES string of the molecule is CCNC(=O)CCNC(=O)[C@@H]1Cc2ccccc2CN1. The molecule has 3 N–H and O–H groups in total. The molecule has 0 fully saturated rings. The number of carbonyl (C=O) groups excluding carboxylic acids is 2. The zero-order valence-electron chi connectivity index (χ0n) is 11.7. The molecular weight excluding hydrogens is 254 g/mol. The fraction of sp³-hybridized carbons (Fsp3) is 0.467. The van der Waals surface area contributed by atoms with Gasteiger partial charge in [0.05, 0.1) is 6.04 Å². The second kappa shape index (κ2) is 7.05. The highest BCUT2D eigenvalue weighted by atomic mass is 16.2. The van der Waals surface area contributed by atoms with Gasteiger partial charge in [0.2, 0.25) is 11.8 Å². The van der Waals surface area contributed by atoms with Crippen LogP contribution in [0.3, 0.4) is 0 Å². The van der Waals surface area contributed by atoms with Gasteiger partial charge in [0.25, 0.3) is 0 Å². The maximum absolute atomic E-state index is 12.0. The van der Waals surface area contributed by atoms with Gasteiger partial charge in [-0.1, -0.05) is 24.3 Å². The first-order valence-corrected chi connectivity index (χ1v) is 7.05. The summed E-state index contributed by atoms with van der Waals surface area (Å²) in [5.41, 5.74) is 2.47. The van der Waals surface area contributed by atoms with Gasteiger partial charge in [-0.05, 0) is 24.5 Å². The third kappa shape index (κ3) is 3.81. The Morgan fingerprint density at radius 3 is 2.75 bits per heavy atom. The molecule has 0 saturated heterocycles. The summed E-state index contributed by atoms with van der Waals surface area (Å²) in [6, 6.07) is 7.93. The van der Waals surface area contributed by atoms with Crippen molar-refractivity contribution in [3.8, 4) is 0 Å². The summed E-state index contributed by atoms with van der Waals surface area (Å²) >= 11 is 0. The lowest BCUT2D eigenvalue weighted by Gasteiger charge is -2.25. The third-order valence-corrected chi connectivity index (χ3v) is 3.42. The van der Waals surface area contributed by atoms with Crippen LogP contribution in [0, 0.1) is 0 Å². The van der Waals surface area contributed by atoms with Gasteiger partial charge in [-0.25, -0.2) is 0 Å². The minimum absolute atomic E-state index is 0.0326. The maximum Gasteiger partial charge on any atom is 0.237 e. The van der Waals surface area contributed by atoms with E-state index in [9.17, 15) is 9.59 Å². The van der Waals surface area contributed by atoms with E-state index in [-0.39, 0.29) is 17.9 Å². The van der Waals surface area contributed by atoms with Crippen LogP contribution in [-0.2, 0) is 22.6 Å². The molecule has 1 aromatic carbocycles. The minimum Gasteiger partial charge on any atom is -0.356 e. The topological polar surface area (TPSA) is 70.2 Å².